The van der Waals surface area contributed by atoms with Gasteiger partial charge in [0.15, 0.2) is 0 Å². The molecule has 0 aliphatic heterocycles. The SMILES string of the molecule is CN=C1C(=NC)C(C(C)(C)C)=c2nccnc2=C1C(C)(C)C. The fraction of sp³-hybridized carbons (Fsp3) is 0.556. The molecule has 22 heavy (non-hydrogen) atoms. The van der Waals surface area contributed by atoms with Gasteiger partial charge in [0.25, 0.3) is 0 Å². The van der Waals surface area contributed by atoms with Gasteiger partial charge < -0.3 is 0 Å². The molecule has 0 atom stereocenters. The number of rotatable bonds is 0. The number of hydrogen-bond donors (Lipinski definition) is 0. The lowest BCUT2D eigenvalue weighted by Crippen LogP contribution is -2.49. The van der Waals surface area contributed by atoms with E-state index in [4.69, 9.17) is 0 Å². The van der Waals surface area contributed by atoms with Crippen LogP contribution in [0.3, 0.4) is 0 Å². The highest BCUT2D eigenvalue weighted by Crippen LogP contribution is 2.34. The topological polar surface area (TPSA) is 50.5 Å². The highest BCUT2D eigenvalue weighted by molar-refractivity contribution is 6.67. The normalized spacial score (nSPS) is 19.8. The van der Waals surface area contributed by atoms with Crippen LogP contribution >= 0.6 is 0 Å². The van der Waals surface area contributed by atoms with Crippen LogP contribution in [0.2, 0.25) is 0 Å². The Bertz CT molecular complexity index is 702. The number of aromatic nitrogens is 2. The lowest BCUT2D eigenvalue weighted by Gasteiger charge is -2.32. The van der Waals surface area contributed by atoms with Gasteiger partial charge in [-0.05, 0) is 10.8 Å². The van der Waals surface area contributed by atoms with Crippen molar-refractivity contribution in [2.75, 3.05) is 14.1 Å². The van der Waals surface area contributed by atoms with Crippen LogP contribution in [0.1, 0.15) is 41.5 Å². The van der Waals surface area contributed by atoms with Crippen LogP contribution in [0.4, 0.5) is 0 Å². The van der Waals surface area contributed by atoms with E-state index in [-0.39, 0.29) is 10.8 Å². The molecule has 0 saturated carbocycles. The van der Waals surface area contributed by atoms with E-state index < -0.39 is 0 Å². The Morgan fingerprint density at radius 1 is 0.682 bits per heavy atom. The summed E-state index contributed by atoms with van der Waals surface area (Å²) in [6.45, 7) is 13.1. The lowest BCUT2D eigenvalue weighted by atomic mass is 9.73. The van der Waals surface area contributed by atoms with Gasteiger partial charge in [-0.2, -0.15) is 0 Å². The zero-order valence-electron chi connectivity index (χ0n) is 14.9. The van der Waals surface area contributed by atoms with Gasteiger partial charge in [-0.15, -0.1) is 0 Å². The summed E-state index contributed by atoms with van der Waals surface area (Å²) in [7, 11) is 3.65. The fourth-order valence-corrected chi connectivity index (χ4v) is 3.02. The smallest absolute Gasteiger partial charge is 0.0950 e. The molecule has 1 heterocycles. The van der Waals surface area contributed by atoms with Crippen molar-refractivity contribution in [1.29, 1.82) is 0 Å². The maximum atomic E-state index is 4.64. The van der Waals surface area contributed by atoms with E-state index in [1.54, 1.807) is 12.4 Å². The molecule has 0 spiro atoms. The molecular weight excluding hydrogens is 272 g/mol. The van der Waals surface area contributed by atoms with E-state index in [9.17, 15) is 0 Å². The molecule has 0 bridgehead atoms. The molecule has 1 aliphatic carbocycles. The van der Waals surface area contributed by atoms with Crippen LogP contribution in [0.5, 0.6) is 0 Å². The second kappa shape index (κ2) is 5.41. The van der Waals surface area contributed by atoms with E-state index in [0.717, 1.165) is 33.3 Å². The van der Waals surface area contributed by atoms with Gasteiger partial charge in [0.2, 0.25) is 0 Å². The van der Waals surface area contributed by atoms with Crippen LogP contribution in [0.15, 0.2) is 22.4 Å². The Morgan fingerprint density at radius 3 is 1.23 bits per heavy atom. The average Bonchev–Trinajstić information content (AvgIpc) is 2.41. The second-order valence-corrected chi connectivity index (χ2v) is 7.65. The summed E-state index contributed by atoms with van der Waals surface area (Å²) < 4.78 is 0. The Hall–Kier alpha value is -1.84. The van der Waals surface area contributed by atoms with E-state index in [0.29, 0.717) is 0 Å². The number of hydrogen-bond acceptors (Lipinski definition) is 4. The summed E-state index contributed by atoms with van der Waals surface area (Å²) in [5, 5.41) is 1.88. The maximum Gasteiger partial charge on any atom is 0.0950 e. The Balaban J connectivity index is 3.18. The Kier molecular flexibility index (Phi) is 4.07. The van der Waals surface area contributed by atoms with Gasteiger partial charge >= 0.3 is 0 Å². The molecule has 2 rings (SSSR count). The van der Waals surface area contributed by atoms with Gasteiger partial charge in [-0.1, -0.05) is 41.5 Å². The van der Waals surface area contributed by atoms with Gasteiger partial charge in [-0.25, -0.2) is 0 Å². The molecule has 0 unspecified atom stereocenters. The molecule has 0 fully saturated rings. The van der Waals surface area contributed by atoms with Crippen molar-refractivity contribution in [2.45, 2.75) is 41.5 Å². The standard InChI is InChI=1S/C18H26N4/c1-17(2,3)11-13(19-7)14(20-8)12(18(4,5)6)16-15(11)21-9-10-22-16/h9-10H,1-8H3. The summed E-state index contributed by atoms with van der Waals surface area (Å²) in [4.78, 5) is 18.4. The van der Waals surface area contributed by atoms with Crippen molar-refractivity contribution >= 4 is 22.6 Å². The third kappa shape index (κ3) is 2.62. The van der Waals surface area contributed by atoms with Gasteiger partial charge in [0.05, 0.1) is 22.1 Å². The lowest BCUT2D eigenvalue weighted by molar-refractivity contribution is 0.560. The number of nitrogens with zero attached hydrogens (tertiary/aromatic N) is 4. The largest absolute Gasteiger partial charge is 0.286 e. The summed E-state index contributed by atoms with van der Waals surface area (Å²) in [5.41, 5.74) is 3.94. The summed E-state index contributed by atoms with van der Waals surface area (Å²) in [5.74, 6) is 0. The molecule has 0 aromatic carbocycles. The highest BCUT2D eigenvalue weighted by atomic mass is 14.8. The third-order valence-corrected chi connectivity index (χ3v) is 3.82. The summed E-state index contributed by atoms with van der Waals surface area (Å²) in [6.07, 6.45) is 3.51. The maximum absolute atomic E-state index is 4.64. The Labute approximate surface area is 132 Å². The molecule has 0 amide bonds. The van der Waals surface area contributed by atoms with Crippen molar-refractivity contribution < 1.29 is 0 Å². The summed E-state index contributed by atoms with van der Waals surface area (Å²) in [6, 6.07) is 0. The third-order valence-electron chi connectivity index (χ3n) is 3.82. The first kappa shape index (κ1) is 16.5. The zero-order chi connectivity index (χ0) is 16.7. The molecule has 0 N–H and O–H groups in total. The van der Waals surface area contributed by atoms with Crippen molar-refractivity contribution in [2.24, 2.45) is 20.8 Å². The van der Waals surface area contributed by atoms with Crippen molar-refractivity contribution in [3.63, 3.8) is 0 Å². The fourth-order valence-electron chi connectivity index (χ4n) is 3.02. The number of fused-ring (bicyclic) bond motifs is 1. The molecular formula is C18H26N4. The minimum absolute atomic E-state index is 0.0843. The zero-order valence-corrected chi connectivity index (χ0v) is 14.9. The quantitative estimate of drug-likeness (QED) is 0.736. The van der Waals surface area contributed by atoms with E-state index in [1.165, 1.54) is 0 Å². The molecule has 1 aromatic heterocycles. The van der Waals surface area contributed by atoms with Crippen LogP contribution in [-0.4, -0.2) is 35.5 Å². The van der Waals surface area contributed by atoms with E-state index >= 15 is 0 Å². The van der Waals surface area contributed by atoms with Crippen molar-refractivity contribution in [1.82, 2.24) is 9.97 Å². The van der Waals surface area contributed by atoms with Crippen LogP contribution < -0.4 is 10.7 Å². The average molecular weight is 298 g/mol. The molecule has 4 nitrogen and oxygen atoms in total. The molecule has 4 heteroatoms. The van der Waals surface area contributed by atoms with Crippen molar-refractivity contribution in [3.8, 4) is 0 Å². The summed E-state index contributed by atoms with van der Waals surface area (Å²) >= 11 is 0. The monoisotopic (exact) mass is 298 g/mol. The Morgan fingerprint density at radius 2 is 1.00 bits per heavy atom. The van der Waals surface area contributed by atoms with E-state index in [1.807, 2.05) is 14.1 Å². The first-order valence-corrected chi connectivity index (χ1v) is 7.64. The van der Waals surface area contributed by atoms with Gasteiger partial charge in [-0.3, -0.25) is 20.0 Å². The minimum atomic E-state index is -0.0843. The van der Waals surface area contributed by atoms with Gasteiger partial charge in [0.1, 0.15) is 0 Å². The first-order chi connectivity index (χ1) is 10.1. The van der Waals surface area contributed by atoms with Crippen LogP contribution in [-0.2, 0) is 0 Å². The predicted molar refractivity (Wildman–Crippen MR) is 93.7 cm³/mol. The molecule has 1 aromatic rings. The van der Waals surface area contributed by atoms with Crippen molar-refractivity contribution in [3.05, 3.63) is 23.1 Å². The van der Waals surface area contributed by atoms with E-state index in [2.05, 4.69) is 61.5 Å². The molecule has 118 valence electrons. The van der Waals surface area contributed by atoms with Gasteiger partial charge in [0, 0.05) is 37.6 Å². The van der Waals surface area contributed by atoms with Crippen LogP contribution in [0, 0.1) is 10.8 Å². The molecule has 0 saturated heterocycles. The highest BCUT2D eigenvalue weighted by Gasteiger charge is 2.35. The van der Waals surface area contributed by atoms with Crippen LogP contribution in [0.25, 0.3) is 11.1 Å². The minimum Gasteiger partial charge on any atom is -0.286 e. The second-order valence-electron chi connectivity index (χ2n) is 7.65. The number of aliphatic imine (C=N–C) groups is 2. The molecule has 0 radical (unpaired) electrons. The first-order valence-electron chi connectivity index (χ1n) is 7.64. The molecule has 1 aliphatic rings. The predicted octanol–water partition coefficient (Wildman–Crippen LogP) is 2.03.